The van der Waals surface area contributed by atoms with Gasteiger partial charge in [-0.05, 0) is 30.7 Å². The van der Waals surface area contributed by atoms with Crippen molar-refractivity contribution in [2.75, 3.05) is 6.54 Å². The standard InChI is InChI=1S/C18H16FN3O2/c1-2-22(11-12-6-5-7-13(19)10-12)18(24)16-14-8-3-4-9-15(14)17(23)21-20-16/h3-10H,2,11H2,1H3,(H,21,23). The number of H-pyrrole nitrogens is 1. The van der Waals surface area contributed by atoms with Crippen molar-refractivity contribution in [3.05, 3.63) is 76.0 Å². The summed E-state index contributed by atoms with van der Waals surface area (Å²) in [6.45, 7) is 2.54. The lowest BCUT2D eigenvalue weighted by Gasteiger charge is -2.21. The third-order valence-electron chi connectivity index (χ3n) is 3.83. The van der Waals surface area contributed by atoms with Gasteiger partial charge in [-0.3, -0.25) is 9.59 Å². The van der Waals surface area contributed by atoms with Crippen molar-refractivity contribution in [2.45, 2.75) is 13.5 Å². The Morgan fingerprint density at radius 3 is 2.62 bits per heavy atom. The number of benzene rings is 2. The van der Waals surface area contributed by atoms with Gasteiger partial charge in [0, 0.05) is 18.5 Å². The van der Waals surface area contributed by atoms with Crippen molar-refractivity contribution >= 4 is 16.7 Å². The largest absolute Gasteiger partial charge is 0.333 e. The average Bonchev–Trinajstić information content (AvgIpc) is 2.60. The highest BCUT2D eigenvalue weighted by atomic mass is 19.1. The highest BCUT2D eigenvalue weighted by Gasteiger charge is 2.20. The van der Waals surface area contributed by atoms with Crippen molar-refractivity contribution in [1.29, 1.82) is 0 Å². The predicted molar refractivity (Wildman–Crippen MR) is 89.2 cm³/mol. The molecule has 3 aromatic rings. The lowest BCUT2D eigenvalue weighted by Crippen LogP contribution is -2.32. The van der Waals surface area contributed by atoms with E-state index in [1.807, 2.05) is 6.92 Å². The molecule has 0 saturated heterocycles. The van der Waals surface area contributed by atoms with Gasteiger partial charge < -0.3 is 4.90 Å². The second kappa shape index (κ2) is 6.62. The van der Waals surface area contributed by atoms with Crippen LogP contribution in [-0.4, -0.2) is 27.5 Å². The molecule has 24 heavy (non-hydrogen) atoms. The van der Waals surface area contributed by atoms with Gasteiger partial charge in [0.25, 0.3) is 11.5 Å². The normalized spacial score (nSPS) is 10.8. The van der Waals surface area contributed by atoms with Crippen molar-refractivity contribution in [1.82, 2.24) is 15.1 Å². The second-order valence-electron chi connectivity index (χ2n) is 5.40. The van der Waals surface area contributed by atoms with Crippen LogP contribution in [0.5, 0.6) is 0 Å². The summed E-state index contributed by atoms with van der Waals surface area (Å²) in [4.78, 5) is 26.2. The molecular weight excluding hydrogens is 309 g/mol. The molecular formula is C18H16FN3O2. The van der Waals surface area contributed by atoms with Crippen LogP contribution < -0.4 is 5.56 Å². The molecule has 0 unspecified atom stereocenters. The molecule has 2 aromatic carbocycles. The van der Waals surface area contributed by atoms with Crippen molar-refractivity contribution in [3.8, 4) is 0 Å². The van der Waals surface area contributed by atoms with Crippen LogP contribution in [0.1, 0.15) is 23.0 Å². The molecule has 3 rings (SSSR count). The molecule has 6 heteroatoms. The Morgan fingerprint density at radius 2 is 1.92 bits per heavy atom. The van der Waals surface area contributed by atoms with E-state index in [1.165, 1.54) is 12.1 Å². The van der Waals surface area contributed by atoms with E-state index in [0.717, 1.165) is 0 Å². The summed E-state index contributed by atoms with van der Waals surface area (Å²) in [5.74, 6) is -0.655. The van der Waals surface area contributed by atoms with Crippen molar-refractivity contribution in [2.24, 2.45) is 0 Å². The number of nitrogens with one attached hydrogen (secondary N) is 1. The molecule has 1 heterocycles. The maximum atomic E-state index is 13.3. The van der Waals surface area contributed by atoms with Crippen LogP contribution >= 0.6 is 0 Å². The van der Waals surface area contributed by atoms with Gasteiger partial charge in [-0.25, -0.2) is 9.49 Å². The molecule has 122 valence electrons. The summed E-state index contributed by atoms with van der Waals surface area (Å²) < 4.78 is 13.3. The van der Waals surface area contributed by atoms with Crippen molar-refractivity contribution < 1.29 is 9.18 Å². The molecule has 0 saturated carbocycles. The maximum Gasteiger partial charge on any atom is 0.275 e. The number of amides is 1. The molecule has 0 bridgehead atoms. The first-order valence-electron chi connectivity index (χ1n) is 7.61. The van der Waals surface area contributed by atoms with Crippen molar-refractivity contribution in [3.63, 3.8) is 0 Å². The van der Waals surface area contributed by atoms with Gasteiger partial charge in [-0.1, -0.05) is 30.3 Å². The highest BCUT2D eigenvalue weighted by molar-refractivity contribution is 6.04. The summed E-state index contributed by atoms with van der Waals surface area (Å²) in [5, 5.41) is 7.21. The number of hydrogen-bond acceptors (Lipinski definition) is 3. The van der Waals surface area contributed by atoms with Gasteiger partial charge >= 0.3 is 0 Å². The first-order valence-corrected chi connectivity index (χ1v) is 7.61. The van der Waals surface area contributed by atoms with Crippen LogP contribution in [0.3, 0.4) is 0 Å². The van der Waals surface area contributed by atoms with Gasteiger partial charge in [-0.15, -0.1) is 0 Å². The quantitative estimate of drug-likeness (QED) is 0.802. The Balaban J connectivity index is 1.98. The molecule has 0 aliphatic heterocycles. The maximum absolute atomic E-state index is 13.3. The summed E-state index contributed by atoms with van der Waals surface area (Å²) in [5.41, 5.74) is 0.540. The highest BCUT2D eigenvalue weighted by Crippen LogP contribution is 2.16. The Kier molecular flexibility index (Phi) is 4.37. The third-order valence-corrected chi connectivity index (χ3v) is 3.83. The monoisotopic (exact) mass is 325 g/mol. The fraction of sp³-hybridized carbons (Fsp3) is 0.167. The molecule has 1 aromatic heterocycles. The summed E-state index contributed by atoms with van der Waals surface area (Å²) >= 11 is 0. The first kappa shape index (κ1) is 15.9. The van der Waals surface area contributed by atoms with E-state index in [9.17, 15) is 14.0 Å². The van der Waals surface area contributed by atoms with Gasteiger partial charge in [0.2, 0.25) is 0 Å². The molecule has 0 fully saturated rings. The number of hydrogen-bond donors (Lipinski definition) is 1. The third kappa shape index (κ3) is 3.03. The second-order valence-corrected chi connectivity index (χ2v) is 5.40. The molecule has 0 radical (unpaired) electrons. The molecule has 1 amide bonds. The number of aromatic nitrogens is 2. The molecule has 0 spiro atoms. The minimum absolute atomic E-state index is 0.184. The van der Waals surface area contributed by atoms with E-state index >= 15 is 0 Å². The zero-order chi connectivity index (χ0) is 17.1. The Labute approximate surface area is 137 Å². The average molecular weight is 325 g/mol. The number of aromatic amines is 1. The van der Waals surface area contributed by atoms with E-state index in [2.05, 4.69) is 10.2 Å². The van der Waals surface area contributed by atoms with E-state index in [-0.39, 0.29) is 29.5 Å². The zero-order valence-corrected chi connectivity index (χ0v) is 13.1. The SMILES string of the molecule is CCN(Cc1cccc(F)c1)C(=O)c1n[nH]c(=O)c2ccccc12. The molecule has 1 N–H and O–H groups in total. The predicted octanol–water partition coefficient (Wildman–Crippen LogP) is 2.72. The Bertz CT molecular complexity index is 952. The zero-order valence-electron chi connectivity index (χ0n) is 13.1. The minimum atomic E-state index is -0.344. The Morgan fingerprint density at radius 1 is 1.17 bits per heavy atom. The molecule has 0 aliphatic rings. The minimum Gasteiger partial charge on any atom is -0.333 e. The van der Waals surface area contributed by atoms with Crippen LogP contribution in [0.25, 0.3) is 10.8 Å². The van der Waals surface area contributed by atoms with Gasteiger partial charge in [-0.2, -0.15) is 5.10 Å². The van der Waals surface area contributed by atoms with Crippen LogP contribution in [0.2, 0.25) is 0 Å². The fourth-order valence-electron chi connectivity index (χ4n) is 2.61. The van der Waals surface area contributed by atoms with Gasteiger partial charge in [0.1, 0.15) is 5.82 Å². The van der Waals surface area contributed by atoms with Crippen LogP contribution in [0.15, 0.2) is 53.3 Å². The van der Waals surface area contributed by atoms with Crippen LogP contribution in [0.4, 0.5) is 4.39 Å². The van der Waals surface area contributed by atoms with Crippen LogP contribution in [-0.2, 0) is 6.54 Å². The number of rotatable bonds is 4. The molecule has 0 aliphatic carbocycles. The van der Waals surface area contributed by atoms with E-state index in [4.69, 9.17) is 0 Å². The summed E-state index contributed by atoms with van der Waals surface area (Å²) in [6, 6.07) is 13.0. The topological polar surface area (TPSA) is 66.1 Å². The smallest absolute Gasteiger partial charge is 0.275 e. The van der Waals surface area contributed by atoms with Gasteiger partial charge in [0.05, 0.1) is 5.39 Å². The number of halogens is 1. The summed E-state index contributed by atoms with van der Waals surface area (Å²) in [6.07, 6.45) is 0. The number of nitrogens with zero attached hydrogens (tertiary/aromatic N) is 2. The molecule has 5 nitrogen and oxygen atoms in total. The first-order chi connectivity index (χ1) is 11.6. The van der Waals surface area contributed by atoms with E-state index < -0.39 is 0 Å². The van der Waals surface area contributed by atoms with E-state index in [0.29, 0.717) is 22.9 Å². The lowest BCUT2D eigenvalue weighted by molar-refractivity contribution is 0.0747. The van der Waals surface area contributed by atoms with Gasteiger partial charge in [0.15, 0.2) is 5.69 Å². The number of fused-ring (bicyclic) bond motifs is 1. The number of carbonyl (C=O) groups excluding carboxylic acids is 1. The molecule has 0 atom stereocenters. The summed E-state index contributed by atoms with van der Waals surface area (Å²) in [7, 11) is 0. The van der Waals surface area contributed by atoms with Crippen LogP contribution in [0, 0.1) is 5.82 Å². The lowest BCUT2D eigenvalue weighted by atomic mass is 10.1. The number of carbonyl (C=O) groups is 1. The Hall–Kier alpha value is -3.02. The fourth-order valence-corrected chi connectivity index (χ4v) is 2.61. The van der Waals surface area contributed by atoms with E-state index in [1.54, 1.807) is 41.3 Å².